The smallest absolute Gasteiger partial charge is 0.304 e. The van der Waals surface area contributed by atoms with Crippen LogP contribution in [0.4, 0.5) is 10.7 Å². The minimum Gasteiger partial charge on any atom is -0.385 e. The lowest BCUT2D eigenvalue weighted by Gasteiger charge is -2.17. The van der Waals surface area contributed by atoms with E-state index in [-0.39, 0.29) is 21.4 Å². The summed E-state index contributed by atoms with van der Waals surface area (Å²) in [5.74, 6) is 0. The summed E-state index contributed by atoms with van der Waals surface area (Å²) in [5, 5.41) is 10.6. The Morgan fingerprint density at radius 1 is 1.42 bits per heavy atom. The first-order valence-electron chi connectivity index (χ1n) is 5.54. The number of anilines is 1. The van der Waals surface area contributed by atoms with Gasteiger partial charge in [-0.15, -0.1) is 0 Å². The summed E-state index contributed by atoms with van der Waals surface area (Å²) >= 11 is 0.716. The molecule has 0 aliphatic carbocycles. The van der Waals surface area contributed by atoms with E-state index in [9.17, 15) is 18.5 Å². The predicted molar refractivity (Wildman–Crippen MR) is 69.6 cm³/mol. The van der Waals surface area contributed by atoms with E-state index in [0.717, 1.165) is 6.07 Å². The second-order valence-electron chi connectivity index (χ2n) is 3.94. The maximum atomic E-state index is 12.3. The molecular formula is C9H13N3O5S2. The summed E-state index contributed by atoms with van der Waals surface area (Å²) in [7, 11) is -3.73. The fraction of sp³-hybridized carbons (Fsp3) is 0.556. The van der Waals surface area contributed by atoms with Crippen LogP contribution in [0, 0.1) is 10.1 Å². The Morgan fingerprint density at radius 3 is 2.79 bits per heavy atom. The van der Waals surface area contributed by atoms with Gasteiger partial charge in [0.15, 0.2) is 5.00 Å². The molecule has 0 amide bonds. The van der Waals surface area contributed by atoms with Crippen molar-refractivity contribution in [1.82, 2.24) is 4.31 Å². The minimum absolute atomic E-state index is 0.0985. The van der Waals surface area contributed by atoms with Gasteiger partial charge in [-0.3, -0.25) is 10.1 Å². The Hall–Kier alpha value is -1.23. The summed E-state index contributed by atoms with van der Waals surface area (Å²) in [6, 6.07) is 1.01. The van der Waals surface area contributed by atoms with Crippen LogP contribution in [-0.4, -0.2) is 43.9 Å². The van der Waals surface area contributed by atoms with E-state index in [1.165, 1.54) is 4.31 Å². The Morgan fingerprint density at radius 2 is 2.16 bits per heavy atom. The molecule has 2 rings (SSSR count). The standard InChI is InChI=1S/C9H13N3O5S2/c10-9-7(12(13)14)6-8(18-9)19(15,16)11-2-1-4-17-5-3-11/h6H,1-5,10H2. The fourth-order valence-electron chi connectivity index (χ4n) is 1.73. The minimum atomic E-state index is -3.73. The van der Waals surface area contributed by atoms with E-state index >= 15 is 0 Å². The van der Waals surface area contributed by atoms with Gasteiger partial charge >= 0.3 is 5.69 Å². The highest BCUT2D eigenvalue weighted by Crippen LogP contribution is 2.35. The van der Waals surface area contributed by atoms with Crippen LogP contribution in [-0.2, 0) is 14.8 Å². The van der Waals surface area contributed by atoms with E-state index in [1.807, 2.05) is 0 Å². The zero-order valence-electron chi connectivity index (χ0n) is 9.94. The van der Waals surface area contributed by atoms with Gasteiger partial charge in [-0.25, -0.2) is 8.42 Å². The molecule has 10 heteroatoms. The average molecular weight is 307 g/mol. The van der Waals surface area contributed by atoms with Crippen molar-refractivity contribution in [3.8, 4) is 0 Å². The second kappa shape index (κ2) is 5.41. The third kappa shape index (κ3) is 2.86. The highest BCUT2D eigenvalue weighted by Gasteiger charge is 2.30. The van der Waals surface area contributed by atoms with Crippen LogP contribution in [0.5, 0.6) is 0 Å². The number of ether oxygens (including phenoxy) is 1. The van der Waals surface area contributed by atoms with Crippen LogP contribution < -0.4 is 5.73 Å². The molecule has 1 saturated heterocycles. The first-order valence-corrected chi connectivity index (χ1v) is 7.80. The Kier molecular flexibility index (Phi) is 4.04. The van der Waals surface area contributed by atoms with Gasteiger partial charge in [-0.2, -0.15) is 4.31 Å². The molecule has 0 radical (unpaired) electrons. The molecule has 1 aromatic rings. The van der Waals surface area contributed by atoms with E-state index in [0.29, 0.717) is 37.5 Å². The molecule has 0 atom stereocenters. The van der Waals surface area contributed by atoms with Gasteiger partial charge in [0, 0.05) is 25.8 Å². The number of nitrogen functional groups attached to an aromatic ring is 1. The van der Waals surface area contributed by atoms with Crippen LogP contribution >= 0.6 is 11.3 Å². The maximum absolute atomic E-state index is 12.3. The number of hydrogen-bond acceptors (Lipinski definition) is 7. The zero-order valence-corrected chi connectivity index (χ0v) is 11.6. The molecule has 8 nitrogen and oxygen atoms in total. The molecule has 0 bridgehead atoms. The van der Waals surface area contributed by atoms with Crippen molar-refractivity contribution in [2.24, 2.45) is 0 Å². The Labute approximate surface area is 114 Å². The van der Waals surface area contributed by atoms with Crippen molar-refractivity contribution in [3.05, 3.63) is 16.2 Å². The summed E-state index contributed by atoms with van der Waals surface area (Å²) in [6.45, 7) is 1.42. The van der Waals surface area contributed by atoms with Crippen LogP contribution in [0.25, 0.3) is 0 Å². The zero-order chi connectivity index (χ0) is 14.0. The average Bonchev–Trinajstić information content (AvgIpc) is 2.58. The van der Waals surface area contributed by atoms with Gasteiger partial charge in [-0.1, -0.05) is 11.3 Å². The van der Waals surface area contributed by atoms with Gasteiger partial charge in [0.05, 0.1) is 11.5 Å². The molecule has 19 heavy (non-hydrogen) atoms. The first-order chi connectivity index (χ1) is 8.93. The summed E-state index contributed by atoms with van der Waals surface area (Å²) in [4.78, 5) is 10.0. The van der Waals surface area contributed by atoms with Gasteiger partial charge in [0.1, 0.15) is 4.21 Å². The van der Waals surface area contributed by atoms with E-state index < -0.39 is 14.9 Å². The number of sulfonamides is 1. The summed E-state index contributed by atoms with van der Waals surface area (Å²) in [5.41, 5.74) is 5.10. The molecule has 1 aromatic heterocycles. The number of thiophene rings is 1. The van der Waals surface area contributed by atoms with Crippen molar-refractivity contribution in [2.75, 3.05) is 32.0 Å². The Bertz CT molecular complexity index is 575. The molecule has 0 spiro atoms. The summed E-state index contributed by atoms with van der Waals surface area (Å²) in [6.07, 6.45) is 0.599. The quantitative estimate of drug-likeness (QED) is 0.647. The molecule has 1 aliphatic heterocycles. The molecule has 1 aliphatic rings. The molecule has 0 unspecified atom stereocenters. The van der Waals surface area contributed by atoms with Crippen molar-refractivity contribution in [2.45, 2.75) is 10.6 Å². The number of nitrogens with zero attached hydrogens (tertiary/aromatic N) is 2. The molecule has 1 fully saturated rings. The van der Waals surface area contributed by atoms with E-state index in [4.69, 9.17) is 10.5 Å². The molecule has 0 saturated carbocycles. The third-order valence-electron chi connectivity index (χ3n) is 2.69. The van der Waals surface area contributed by atoms with Crippen molar-refractivity contribution < 1.29 is 18.1 Å². The van der Waals surface area contributed by atoms with Crippen LogP contribution in [0.15, 0.2) is 10.3 Å². The summed E-state index contributed by atoms with van der Waals surface area (Å²) < 4.78 is 31.0. The lowest BCUT2D eigenvalue weighted by Crippen LogP contribution is -2.32. The number of nitrogens with two attached hydrogens (primary N) is 1. The van der Waals surface area contributed by atoms with Crippen molar-refractivity contribution >= 4 is 32.0 Å². The fourth-order valence-corrected chi connectivity index (χ4v) is 4.56. The highest BCUT2D eigenvalue weighted by molar-refractivity contribution is 7.91. The lowest BCUT2D eigenvalue weighted by molar-refractivity contribution is -0.383. The molecular weight excluding hydrogens is 294 g/mol. The predicted octanol–water partition coefficient (Wildman–Crippen LogP) is 0.649. The lowest BCUT2D eigenvalue weighted by atomic mass is 10.5. The second-order valence-corrected chi connectivity index (χ2v) is 7.19. The largest absolute Gasteiger partial charge is 0.385 e. The highest BCUT2D eigenvalue weighted by atomic mass is 32.2. The molecule has 2 heterocycles. The third-order valence-corrected chi connectivity index (χ3v) is 5.99. The molecule has 2 N–H and O–H groups in total. The van der Waals surface area contributed by atoms with Gasteiger partial charge in [-0.05, 0) is 6.42 Å². The SMILES string of the molecule is Nc1sc(S(=O)(=O)N2CCCOCC2)cc1[N+](=O)[O-]. The number of rotatable bonds is 3. The first kappa shape index (κ1) is 14.2. The number of hydrogen-bond donors (Lipinski definition) is 1. The Balaban J connectivity index is 2.33. The number of nitro groups is 1. The molecule has 106 valence electrons. The van der Waals surface area contributed by atoms with Gasteiger partial charge in [0.2, 0.25) is 0 Å². The maximum Gasteiger partial charge on any atom is 0.304 e. The van der Waals surface area contributed by atoms with E-state index in [2.05, 4.69) is 0 Å². The topological polar surface area (TPSA) is 116 Å². The van der Waals surface area contributed by atoms with Crippen LogP contribution in [0.2, 0.25) is 0 Å². The van der Waals surface area contributed by atoms with Crippen LogP contribution in [0.1, 0.15) is 6.42 Å². The van der Waals surface area contributed by atoms with Crippen LogP contribution in [0.3, 0.4) is 0 Å². The van der Waals surface area contributed by atoms with E-state index in [1.54, 1.807) is 0 Å². The van der Waals surface area contributed by atoms with Gasteiger partial charge < -0.3 is 10.5 Å². The monoisotopic (exact) mass is 307 g/mol. The molecule has 0 aromatic carbocycles. The van der Waals surface area contributed by atoms with Crippen molar-refractivity contribution in [1.29, 1.82) is 0 Å². The van der Waals surface area contributed by atoms with Crippen molar-refractivity contribution in [3.63, 3.8) is 0 Å². The van der Waals surface area contributed by atoms with Gasteiger partial charge in [0.25, 0.3) is 10.0 Å². The normalized spacial score (nSPS) is 18.1.